The molecule has 2 aromatic rings. The van der Waals surface area contributed by atoms with Crippen LogP contribution in [0.1, 0.15) is 87.0 Å². The molecule has 1 fully saturated rings. The Morgan fingerprint density at radius 2 is 1.47 bits per heavy atom. The summed E-state index contributed by atoms with van der Waals surface area (Å²) in [4.78, 5) is 0. The minimum Gasteiger partial charge on any atom is -0.378 e. The molecule has 2 unspecified atom stereocenters. The van der Waals surface area contributed by atoms with Gasteiger partial charge in [-0.2, -0.15) is 17.6 Å². The molecule has 2 aromatic carbocycles. The van der Waals surface area contributed by atoms with Crippen LogP contribution in [0.5, 0.6) is 0 Å². The lowest BCUT2D eigenvalue weighted by Gasteiger charge is -2.37. The van der Waals surface area contributed by atoms with Crippen LogP contribution >= 0.6 is 0 Å². The molecule has 0 bridgehead atoms. The number of ether oxygens (including phenoxy) is 1. The maximum Gasteiger partial charge on any atom is 0.343 e. The fraction of sp³-hybridized carbons (Fsp3) is 0.556. The molecule has 1 heterocycles. The van der Waals surface area contributed by atoms with Crippen molar-refractivity contribution in [2.75, 3.05) is 6.61 Å². The van der Waals surface area contributed by atoms with E-state index in [1.807, 2.05) is 0 Å². The van der Waals surface area contributed by atoms with E-state index in [0.29, 0.717) is 19.3 Å². The van der Waals surface area contributed by atoms with Gasteiger partial charge in [-0.25, -0.2) is 8.78 Å². The number of aryl methyl sites for hydroxylation is 1. The fourth-order valence-corrected chi connectivity index (χ4v) is 5.27. The normalized spacial score (nSPS) is 22.8. The van der Waals surface area contributed by atoms with Crippen molar-refractivity contribution in [1.29, 1.82) is 0 Å². The summed E-state index contributed by atoms with van der Waals surface area (Å²) in [5.74, 6) is -12.9. The molecule has 1 nitrogen and oxygen atoms in total. The molecule has 7 heteroatoms. The molecule has 186 valence electrons. The summed E-state index contributed by atoms with van der Waals surface area (Å²) >= 11 is 0. The van der Waals surface area contributed by atoms with Gasteiger partial charge in [-0.15, -0.1) is 0 Å². The summed E-state index contributed by atoms with van der Waals surface area (Å²) in [5, 5.41) is 0. The van der Waals surface area contributed by atoms with Crippen LogP contribution in [0.3, 0.4) is 0 Å². The second-order valence-electron chi connectivity index (χ2n) is 9.48. The molecular formula is C27H30F6O. The van der Waals surface area contributed by atoms with Gasteiger partial charge in [-0.05, 0) is 47.9 Å². The molecule has 0 N–H and O–H groups in total. The van der Waals surface area contributed by atoms with Crippen molar-refractivity contribution in [2.24, 2.45) is 0 Å². The first-order valence-electron chi connectivity index (χ1n) is 12.2. The zero-order valence-corrected chi connectivity index (χ0v) is 19.5. The highest BCUT2D eigenvalue weighted by Crippen LogP contribution is 2.60. The van der Waals surface area contributed by atoms with E-state index in [-0.39, 0.29) is 41.4 Å². The van der Waals surface area contributed by atoms with E-state index in [9.17, 15) is 4.39 Å². The highest BCUT2D eigenvalue weighted by atomic mass is 19.3. The van der Waals surface area contributed by atoms with Crippen LogP contribution in [0.2, 0.25) is 0 Å². The SMILES string of the molecule is CCCCCC1CCC(c2ccc3c(c2F)C(F)(F)C(F)(F)c2c-3ccc(CCC)c2F)CO1. The molecule has 0 saturated carbocycles. The first-order valence-corrected chi connectivity index (χ1v) is 12.2. The van der Waals surface area contributed by atoms with Gasteiger partial charge in [0.05, 0.1) is 23.8 Å². The molecule has 4 rings (SSSR count). The quantitative estimate of drug-likeness (QED) is 0.282. The number of hydrogen-bond acceptors (Lipinski definition) is 1. The van der Waals surface area contributed by atoms with E-state index in [2.05, 4.69) is 6.92 Å². The Hall–Kier alpha value is -2.02. The smallest absolute Gasteiger partial charge is 0.343 e. The predicted octanol–water partition coefficient (Wildman–Crippen LogP) is 8.62. The minimum atomic E-state index is -4.89. The summed E-state index contributed by atoms with van der Waals surface area (Å²) in [6, 6.07) is 5.11. The third-order valence-corrected chi connectivity index (χ3v) is 7.17. The van der Waals surface area contributed by atoms with Crippen molar-refractivity contribution in [3.63, 3.8) is 0 Å². The van der Waals surface area contributed by atoms with Crippen molar-refractivity contribution >= 4 is 0 Å². The van der Waals surface area contributed by atoms with Crippen molar-refractivity contribution in [3.05, 3.63) is 58.2 Å². The van der Waals surface area contributed by atoms with Gasteiger partial charge in [0.25, 0.3) is 0 Å². The first-order chi connectivity index (χ1) is 16.1. The van der Waals surface area contributed by atoms with Crippen molar-refractivity contribution in [3.8, 4) is 11.1 Å². The lowest BCUT2D eigenvalue weighted by molar-refractivity contribution is -0.227. The maximum absolute atomic E-state index is 15.6. The summed E-state index contributed by atoms with van der Waals surface area (Å²) in [5.41, 5.74) is -3.57. The molecule has 1 aliphatic carbocycles. The van der Waals surface area contributed by atoms with Gasteiger partial charge in [-0.1, -0.05) is 63.8 Å². The standard InChI is InChI=1S/C27H30F6O/c1-3-5-6-8-18-11-9-17(15-34-18)19-13-14-21-20-12-10-16(7-4-2)24(28)22(20)26(30,31)27(32,33)23(21)25(19)29/h10,12-14,17-18H,3-9,11,15H2,1-2H3. The van der Waals surface area contributed by atoms with E-state index >= 15 is 22.0 Å². The van der Waals surface area contributed by atoms with Crippen LogP contribution in [-0.2, 0) is 23.0 Å². The van der Waals surface area contributed by atoms with E-state index in [1.54, 1.807) is 6.92 Å². The zero-order valence-electron chi connectivity index (χ0n) is 19.5. The van der Waals surface area contributed by atoms with E-state index in [1.165, 1.54) is 24.3 Å². The first kappa shape index (κ1) is 25.1. The average Bonchev–Trinajstić information content (AvgIpc) is 2.80. The topological polar surface area (TPSA) is 9.23 Å². The summed E-state index contributed by atoms with van der Waals surface area (Å²) < 4.78 is 97.0. The van der Waals surface area contributed by atoms with Crippen LogP contribution in [-0.4, -0.2) is 12.7 Å². The van der Waals surface area contributed by atoms with Gasteiger partial charge >= 0.3 is 11.8 Å². The van der Waals surface area contributed by atoms with E-state index < -0.39 is 40.5 Å². The molecule has 0 spiro atoms. The second-order valence-corrected chi connectivity index (χ2v) is 9.48. The Labute approximate surface area is 196 Å². The largest absolute Gasteiger partial charge is 0.378 e. The number of rotatable bonds is 7. The van der Waals surface area contributed by atoms with Crippen LogP contribution in [0.25, 0.3) is 11.1 Å². The molecule has 1 aliphatic heterocycles. The van der Waals surface area contributed by atoms with Gasteiger partial charge in [0.15, 0.2) is 0 Å². The lowest BCUT2D eigenvalue weighted by Crippen LogP contribution is -2.41. The molecular weight excluding hydrogens is 454 g/mol. The average molecular weight is 485 g/mol. The van der Waals surface area contributed by atoms with Gasteiger partial charge in [-0.3, -0.25) is 0 Å². The third-order valence-electron chi connectivity index (χ3n) is 7.17. The Bertz CT molecular complexity index is 1040. The number of halogens is 6. The summed E-state index contributed by atoms with van der Waals surface area (Å²) in [6.07, 6.45) is 5.93. The monoisotopic (exact) mass is 484 g/mol. The molecule has 0 aromatic heterocycles. The van der Waals surface area contributed by atoms with Gasteiger partial charge in [0.1, 0.15) is 11.6 Å². The molecule has 2 aliphatic rings. The van der Waals surface area contributed by atoms with Gasteiger partial charge < -0.3 is 4.74 Å². The predicted molar refractivity (Wildman–Crippen MR) is 119 cm³/mol. The Kier molecular flexibility index (Phi) is 7.05. The highest BCUT2D eigenvalue weighted by molar-refractivity contribution is 5.77. The summed E-state index contributed by atoms with van der Waals surface area (Å²) in [7, 11) is 0. The lowest BCUT2D eigenvalue weighted by atomic mass is 9.77. The highest BCUT2D eigenvalue weighted by Gasteiger charge is 2.65. The van der Waals surface area contributed by atoms with Crippen LogP contribution in [0.15, 0.2) is 24.3 Å². The number of hydrogen-bond donors (Lipinski definition) is 0. The summed E-state index contributed by atoms with van der Waals surface area (Å²) in [6.45, 7) is 3.99. The Balaban J connectivity index is 1.72. The maximum atomic E-state index is 15.6. The van der Waals surface area contributed by atoms with Gasteiger partial charge in [0, 0.05) is 5.92 Å². The molecule has 0 amide bonds. The third kappa shape index (κ3) is 4.04. The van der Waals surface area contributed by atoms with Crippen molar-refractivity contribution < 1.29 is 31.1 Å². The van der Waals surface area contributed by atoms with Crippen LogP contribution in [0, 0.1) is 11.6 Å². The Morgan fingerprint density at radius 3 is 2.06 bits per heavy atom. The van der Waals surface area contributed by atoms with Crippen molar-refractivity contribution in [2.45, 2.75) is 89.1 Å². The number of benzene rings is 2. The second kappa shape index (κ2) is 9.56. The van der Waals surface area contributed by atoms with Crippen LogP contribution < -0.4 is 0 Å². The van der Waals surface area contributed by atoms with E-state index in [4.69, 9.17) is 4.74 Å². The van der Waals surface area contributed by atoms with Gasteiger partial charge in [0.2, 0.25) is 0 Å². The van der Waals surface area contributed by atoms with E-state index in [0.717, 1.165) is 25.7 Å². The number of fused-ring (bicyclic) bond motifs is 3. The zero-order chi connectivity index (χ0) is 24.7. The number of unbranched alkanes of at least 4 members (excludes halogenated alkanes) is 2. The molecule has 1 saturated heterocycles. The number of alkyl halides is 4. The Morgan fingerprint density at radius 1 is 0.824 bits per heavy atom. The van der Waals surface area contributed by atoms with Crippen molar-refractivity contribution in [1.82, 2.24) is 0 Å². The minimum absolute atomic E-state index is 0.0430. The van der Waals surface area contributed by atoms with Crippen LogP contribution in [0.4, 0.5) is 26.3 Å². The fourth-order valence-electron chi connectivity index (χ4n) is 5.27. The molecule has 34 heavy (non-hydrogen) atoms. The molecule has 2 atom stereocenters. The molecule has 0 radical (unpaired) electrons.